The van der Waals surface area contributed by atoms with E-state index in [1.165, 1.54) is 38.5 Å². The third-order valence-electron chi connectivity index (χ3n) is 3.02. The predicted octanol–water partition coefficient (Wildman–Crippen LogP) is 3.70. The highest BCUT2D eigenvalue weighted by atomic mass is 35.5. The fraction of sp³-hybridized carbons (Fsp3) is 0.133. The average Bonchev–Trinajstić information content (AvgIpc) is 2.49. The van der Waals surface area contributed by atoms with Gasteiger partial charge in [-0.25, -0.2) is 12.7 Å². The van der Waals surface area contributed by atoms with Gasteiger partial charge in [0.05, 0.1) is 10.7 Å². The molecule has 0 heterocycles. The molecule has 23 heavy (non-hydrogen) atoms. The van der Waals surface area contributed by atoms with Crippen molar-refractivity contribution in [3.63, 3.8) is 0 Å². The lowest BCUT2D eigenvalue weighted by molar-refractivity contribution is 0.474. The Hall–Kier alpha value is -1.60. The number of rotatable bonds is 4. The average molecular weight is 373 g/mol. The highest BCUT2D eigenvalue weighted by Crippen LogP contribution is 2.28. The van der Waals surface area contributed by atoms with Gasteiger partial charge in [-0.3, -0.25) is 4.99 Å². The highest BCUT2D eigenvalue weighted by molar-refractivity contribution is 7.89. The molecule has 8 heteroatoms. The number of phenolic OH excluding ortho intramolecular Hbond substituents is 1. The molecule has 122 valence electrons. The third-order valence-corrected chi connectivity index (χ3v) is 5.55. The Morgan fingerprint density at radius 2 is 1.83 bits per heavy atom. The van der Waals surface area contributed by atoms with Crippen molar-refractivity contribution in [3.05, 3.63) is 52.0 Å². The molecular weight excluding hydrogens is 359 g/mol. The van der Waals surface area contributed by atoms with Crippen LogP contribution in [0.5, 0.6) is 5.75 Å². The molecule has 2 aromatic rings. The molecule has 0 aliphatic rings. The first kappa shape index (κ1) is 17.7. The number of halogens is 2. The van der Waals surface area contributed by atoms with Crippen LogP contribution in [-0.2, 0) is 10.0 Å². The molecule has 0 aliphatic heterocycles. The van der Waals surface area contributed by atoms with Crippen LogP contribution in [0.2, 0.25) is 10.0 Å². The van der Waals surface area contributed by atoms with Crippen LogP contribution in [-0.4, -0.2) is 38.1 Å². The van der Waals surface area contributed by atoms with E-state index in [0.717, 1.165) is 4.31 Å². The van der Waals surface area contributed by atoms with E-state index < -0.39 is 10.0 Å². The summed E-state index contributed by atoms with van der Waals surface area (Å²) in [6, 6.07) is 8.97. The molecular formula is C15H14Cl2N2O3S. The largest absolute Gasteiger partial charge is 0.507 e. The van der Waals surface area contributed by atoms with E-state index in [0.29, 0.717) is 16.3 Å². The van der Waals surface area contributed by atoms with Crippen molar-refractivity contribution in [1.82, 2.24) is 4.31 Å². The van der Waals surface area contributed by atoms with Crippen LogP contribution in [0.4, 0.5) is 5.69 Å². The van der Waals surface area contributed by atoms with Gasteiger partial charge in [0.15, 0.2) is 0 Å². The minimum Gasteiger partial charge on any atom is -0.507 e. The summed E-state index contributed by atoms with van der Waals surface area (Å²) in [7, 11) is -0.826. The van der Waals surface area contributed by atoms with E-state index in [-0.39, 0.29) is 15.7 Å². The highest BCUT2D eigenvalue weighted by Gasteiger charge is 2.21. The van der Waals surface area contributed by atoms with Crippen molar-refractivity contribution in [2.45, 2.75) is 4.90 Å². The third kappa shape index (κ3) is 4.03. The van der Waals surface area contributed by atoms with Crippen LogP contribution in [0.1, 0.15) is 5.56 Å². The lowest BCUT2D eigenvalue weighted by atomic mass is 10.2. The quantitative estimate of drug-likeness (QED) is 0.831. The fourth-order valence-electron chi connectivity index (χ4n) is 1.74. The molecule has 0 radical (unpaired) electrons. The standard InChI is InChI=1S/C15H14Cl2N2O3S/c1-19(2)23(21,22)15-8-12(4-5-13(15)17)18-9-10-7-11(16)3-6-14(10)20/h3-9,20H,1-2H3. The molecule has 1 N–H and O–H groups in total. The van der Waals surface area contributed by atoms with Crippen LogP contribution in [0, 0.1) is 0 Å². The summed E-state index contributed by atoms with van der Waals surface area (Å²) in [6.45, 7) is 0. The molecule has 2 rings (SSSR count). The summed E-state index contributed by atoms with van der Waals surface area (Å²) < 4.78 is 25.5. The first-order chi connectivity index (χ1) is 10.7. The summed E-state index contributed by atoms with van der Waals surface area (Å²) in [5.41, 5.74) is 0.804. The zero-order valence-corrected chi connectivity index (χ0v) is 14.7. The van der Waals surface area contributed by atoms with E-state index in [1.54, 1.807) is 18.2 Å². The fourth-order valence-corrected chi connectivity index (χ4v) is 3.31. The smallest absolute Gasteiger partial charge is 0.244 e. The Morgan fingerprint density at radius 3 is 2.48 bits per heavy atom. The molecule has 0 saturated heterocycles. The molecule has 0 amide bonds. The van der Waals surface area contributed by atoms with Crippen LogP contribution in [0.25, 0.3) is 0 Å². The van der Waals surface area contributed by atoms with Gasteiger partial charge in [-0.15, -0.1) is 0 Å². The molecule has 0 aromatic heterocycles. The number of phenols is 1. The van der Waals surface area contributed by atoms with E-state index in [9.17, 15) is 13.5 Å². The monoisotopic (exact) mass is 372 g/mol. The van der Waals surface area contributed by atoms with E-state index in [4.69, 9.17) is 23.2 Å². The Labute approximate surface area is 144 Å². The summed E-state index contributed by atoms with van der Waals surface area (Å²) in [6.07, 6.45) is 1.40. The summed E-state index contributed by atoms with van der Waals surface area (Å²) in [4.78, 5) is 4.13. The number of hydrogen-bond acceptors (Lipinski definition) is 4. The molecule has 2 aromatic carbocycles. The zero-order chi connectivity index (χ0) is 17.2. The summed E-state index contributed by atoms with van der Waals surface area (Å²) in [5.74, 6) is 0.0215. The first-order valence-corrected chi connectivity index (χ1v) is 8.66. The Balaban J connectivity index is 2.43. The molecule has 0 spiro atoms. The van der Waals surface area contributed by atoms with E-state index in [2.05, 4.69) is 4.99 Å². The van der Waals surface area contributed by atoms with Gasteiger partial charge in [-0.05, 0) is 36.4 Å². The van der Waals surface area contributed by atoms with Gasteiger partial charge in [0.25, 0.3) is 0 Å². The lowest BCUT2D eigenvalue weighted by Crippen LogP contribution is -2.22. The van der Waals surface area contributed by atoms with Crippen molar-refractivity contribution in [3.8, 4) is 5.75 Å². The second-order valence-electron chi connectivity index (χ2n) is 4.86. The second-order valence-corrected chi connectivity index (χ2v) is 7.83. The Morgan fingerprint density at radius 1 is 1.13 bits per heavy atom. The van der Waals surface area contributed by atoms with Gasteiger partial charge in [0.2, 0.25) is 10.0 Å². The number of nitrogens with zero attached hydrogens (tertiary/aromatic N) is 2. The molecule has 0 fully saturated rings. The van der Waals surface area contributed by atoms with Gasteiger partial charge < -0.3 is 5.11 Å². The predicted molar refractivity (Wildman–Crippen MR) is 92.7 cm³/mol. The number of aliphatic imine (C=N–C) groups is 1. The van der Waals surface area contributed by atoms with Crippen LogP contribution in [0.3, 0.4) is 0 Å². The SMILES string of the molecule is CN(C)S(=O)(=O)c1cc(N=Cc2cc(Cl)ccc2O)ccc1Cl. The number of benzene rings is 2. The van der Waals surface area contributed by atoms with Gasteiger partial charge in [-0.1, -0.05) is 23.2 Å². The van der Waals surface area contributed by atoms with Gasteiger partial charge >= 0.3 is 0 Å². The summed E-state index contributed by atoms with van der Waals surface area (Å²) in [5, 5.41) is 10.3. The van der Waals surface area contributed by atoms with Gasteiger partial charge in [0, 0.05) is 30.9 Å². The van der Waals surface area contributed by atoms with Crippen LogP contribution >= 0.6 is 23.2 Å². The number of sulfonamides is 1. The molecule has 0 unspecified atom stereocenters. The molecule has 0 saturated carbocycles. The number of aromatic hydroxyl groups is 1. The minimum absolute atomic E-state index is 0.0215. The van der Waals surface area contributed by atoms with Gasteiger partial charge in [0.1, 0.15) is 10.6 Å². The number of hydrogen-bond donors (Lipinski definition) is 1. The maximum Gasteiger partial charge on any atom is 0.244 e. The Bertz CT molecular complexity index is 865. The topological polar surface area (TPSA) is 70.0 Å². The normalized spacial score (nSPS) is 12.2. The van der Waals surface area contributed by atoms with Crippen molar-refractivity contribution in [1.29, 1.82) is 0 Å². The van der Waals surface area contributed by atoms with Crippen LogP contribution < -0.4 is 0 Å². The molecule has 0 aliphatic carbocycles. The minimum atomic E-state index is -3.67. The van der Waals surface area contributed by atoms with E-state index >= 15 is 0 Å². The van der Waals surface area contributed by atoms with Gasteiger partial charge in [-0.2, -0.15) is 0 Å². The Kier molecular flexibility index (Phi) is 5.31. The lowest BCUT2D eigenvalue weighted by Gasteiger charge is -2.12. The molecule has 0 bridgehead atoms. The molecule has 0 atom stereocenters. The van der Waals surface area contributed by atoms with Crippen molar-refractivity contribution in [2.75, 3.05) is 14.1 Å². The van der Waals surface area contributed by atoms with E-state index in [1.807, 2.05) is 0 Å². The van der Waals surface area contributed by atoms with Crippen LogP contribution in [0.15, 0.2) is 46.3 Å². The first-order valence-electron chi connectivity index (χ1n) is 6.46. The molecule has 5 nitrogen and oxygen atoms in total. The zero-order valence-electron chi connectivity index (χ0n) is 12.4. The van der Waals surface area contributed by atoms with Crippen molar-refractivity contribution in [2.24, 2.45) is 4.99 Å². The van der Waals surface area contributed by atoms with Crippen molar-refractivity contribution >= 4 is 45.1 Å². The maximum atomic E-state index is 12.2. The maximum absolute atomic E-state index is 12.2. The second kappa shape index (κ2) is 6.88. The van der Waals surface area contributed by atoms with Crippen molar-refractivity contribution < 1.29 is 13.5 Å². The summed E-state index contributed by atoms with van der Waals surface area (Å²) >= 11 is 11.8.